The first-order chi connectivity index (χ1) is 20.3. The SMILES string of the molecule is CCCOC(=O)N[C@@H](C)[C@@H](O)C(=O)OC1C[C@@]2(O)[C@@H](OC(C)=O)[C@@H]3[C@]4(O)CO[C@@H]4C[C@H](O)[C@@]3(C)C(=O)[C@H](O)C(=C1C)C2(C)C. The number of esters is 2. The minimum absolute atomic E-state index is 0.0131. The Morgan fingerprint density at radius 2 is 1.77 bits per heavy atom. The van der Waals surface area contributed by atoms with Gasteiger partial charge in [-0.05, 0) is 38.3 Å². The number of Topliss-reactive ketones (excluding diaryl/α,β-unsaturated/α-hetero) is 1. The average Bonchev–Trinajstić information content (AvgIpc) is 2.93. The van der Waals surface area contributed by atoms with E-state index in [0.29, 0.717) is 6.42 Å². The van der Waals surface area contributed by atoms with Gasteiger partial charge in [0.25, 0.3) is 0 Å². The van der Waals surface area contributed by atoms with E-state index in [1.54, 1.807) is 20.8 Å². The van der Waals surface area contributed by atoms with E-state index in [4.69, 9.17) is 18.9 Å². The molecule has 6 N–H and O–H groups in total. The van der Waals surface area contributed by atoms with Gasteiger partial charge in [0.05, 0.1) is 36.9 Å². The Balaban J connectivity index is 1.80. The van der Waals surface area contributed by atoms with E-state index in [2.05, 4.69) is 5.32 Å². The van der Waals surface area contributed by atoms with Gasteiger partial charge in [0.15, 0.2) is 11.9 Å². The number of aliphatic hydroxyl groups is 5. The van der Waals surface area contributed by atoms with E-state index in [0.717, 1.165) is 6.92 Å². The number of alkyl carbamates (subject to hydrolysis) is 1. The van der Waals surface area contributed by atoms with Gasteiger partial charge in [-0.3, -0.25) is 9.59 Å². The molecular weight excluding hydrogens is 582 g/mol. The number of carbonyl (C=O) groups is 4. The van der Waals surface area contributed by atoms with Crippen molar-refractivity contribution >= 4 is 23.8 Å². The first kappa shape index (κ1) is 34.3. The second kappa shape index (κ2) is 11.6. The van der Waals surface area contributed by atoms with Gasteiger partial charge in [-0.15, -0.1) is 0 Å². The van der Waals surface area contributed by atoms with Crippen LogP contribution in [0.25, 0.3) is 0 Å². The quantitative estimate of drug-likeness (QED) is 0.121. The maximum Gasteiger partial charge on any atom is 0.407 e. The lowest BCUT2D eigenvalue weighted by Gasteiger charge is -2.66. The summed E-state index contributed by atoms with van der Waals surface area (Å²) in [4.78, 5) is 51.9. The number of ether oxygens (including phenoxy) is 4. The maximum atomic E-state index is 14.2. The zero-order valence-electron chi connectivity index (χ0n) is 26.2. The van der Waals surface area contributed by atoms with Gasteiger partial charge < -0.3 is 49.8 Å². The lowest BCUT2D eigenvalue weighted by atomic mass is 9.45. The highest BCUT2D eigenvalue weighted by Gasteiger charge is 2.76. The molecule has 1 amide bonds. The van der Waals surface area contributed by atoms with Gasteiger partial charge >= 0.3 is 18.0 Å². The molecule has 14 heteroatoms. The molecule has 0 aromatic heterocycles. The van der Waals surface area contributed by atoms with E-state index in [1.807, 2.05) is 0 Å². The second-order valence-corrected chi connectivity index (χ2v) is 13.4. The molecule has 2 saturated carbocycles. The third-order valence-electron chi connectivity index (χ3n) is 10.4. The highest BCUT2D eigenvalue weighted by atomic mass is 16.6. The number of nitrogens with one attached hydrogen (secondary N) is 1. The smallest absolute Gasteiger partial charge is 0.407 e. The summed E-state index contributed by atoms with van der Waals surface area (Å²) in [6.07, 6.45) is -10.00. The van der Waals surface area contributed by atoms with Crippen molar-refractivity contribution in [2.75, 3.05) is 13.2 Å². The molecule has 1 saturated heterocycles. The van der Waals surface area contributed by atoms with Crippen molar-refractivity contribution in [2.24, 2.45) is 16.7 Å². The summed E-state index contributed by atoms with van der Waals surface area (Å²) in [6.45, 7) is 10.1. The molecular formula is C30H45NO13. The van der Waals surface area contributed by atoms with Gasteiger partial charge in [-0.1, -0.05) is 20.8 Å². The minimum atomic E-state index is -2.20. The van der Waals surface area contributed by atoms with Crippen LogP contribution in [0.3, 0.4) is 0 Å². The highest BCUT2D eigenvalue weighted by Crippen LogP contribution is 2.63. The van der Waals surface area contributed by atoms with Crippen LogP contribution in [0.2, 0.25) is 0 Å². The zero-order valence-corrected chi connectivity index (χ0v) is 26.2. The summed E-state index contributed by atoms with van der Waals surface area (Å²) in [6, 6.07) is -1.14. The number of hydrogen-bond acceptors (Lipinski definition) is 13. The van der Waals surface area contributed by atoms with Crippen LogP contribution in [0.15, 0.2) is 11.1 Å². The molecule has 1 heterocycles. The van der Waals surface area contributed by atoms with Gasteiger partial charge in [0, 0.05) is 31.1 Å². The topological polar surface area (TPSA) is 218 Å². The molecule has 4 aliphatic rings. The molecule has 14 nitrogen and oxygen atoms in total. The van der Waals surface area contributed by atoms with Crippen LogP contribution in [0.4, 0.5) is 4.79 Å². The Bertz CT molecular complexity index is 1230. The van der Waals surface area contributed by atoms with Crippen LogP contribution >= 0.6 is 0 Å². The number of carbonyl (C=O) groups excluding carboxylic acids is 4. The molecule has 0 radical (unpaired) electrons. The van der Waals surface area contributed by atoms with Crippen LogP contribution < -0.4 is 5.32 Å². The molecule has 2 bridgehead atoms. The van der Waals surface area contributed by atoms with E-state index >= 15 is 0 Å². The highest BCUT2D eigenvalue weighted by molar-refractivity contribution is 5.93. The van der Waals surface area contributed by atoms with Crippen molar-refractivity contribution in [1.29, 1.82) is 0 Å². The predicted molar refractivity (Wildman–Crippen MR) is 150 cm³/mol. The summed E-state index contributed by atoms with van der Waals surface area (Å²) in [5, 5.41) is 60.5. The summed E-state index contributed by atoms with van der Waals surface area (Å²) in [7, 11) is 0. The van der Waals surface area contributed by atoms with Gasteiger partial charge in [0.1, 0.15) is 29.5 Å². The Kier molecular flexibility index (Phi) is 9.05. The molecule has 0 spiro atoms. The second-order valence-electron chi connectivity index (χ2n) is 13.4. The fraction of sp³-hybridized carbons (Fsp3) is 0.800. The number of hydrogen-bond donors (Lipinski definition) is 6. The van der Waals surface area contributed by atoms with Crippen molar-refractivity contribution in [2.45, 2.75) is 122 Å². The molecule has 1 unspecified atom stereocenters. The van der Waals surface area contributed by atoms with Crippen LogP contribution in [0.5, 0.6) is 0 Å². The number of ketones is 1. The average molecular weight is 628 g/mol. The van der Waals surface area contributed by atoms with Crippen molar-refractivity contribution < 1.29 is 63.7 Å². The lowest BCUT2D eigenvalue weighted by molar-refractivity contribution is -0.345. The first-order valence-corrected chi connectivity index (χ1v) is 15.0. The Labute approximate surface area is 255 Å². The van der Waals surface area contributed by atoms with Crippen LogP contribution in [0, 0.1) is 16.7 Å². The van der Waals surface area contributed by atoms with Gasteiger partial charge in [0.2, 0.25) is 0 Å². The summed E-state index contributed by atoms with van der Waals surface area (Å²) in [5.74, 6) is -4.33. The largest absolute Gasteiger partial charge is 0.459 e. The van der Waals surface area contributed by atoms with Crippen molar-refractivity contribution in [3.05, 3.63) is 11.1 Å². The monoisotopic (exact) mass is 627 g/mol. The van der Waals surface area contributed by atoms with E-state index in [1.165, 1.54) is 20.8 Å². The molecule has 4 rings (SSSR count). The minimum Gasteiger partial charge on any atom is -0.459 e. The standard InChI is InChI=1S/C30H45NO13/c1-8-9-41-26(38)31-14(3)20(34)25(37)44-16-11-30(40)24(43-15(4)32)22-28(7,17(33)10-18-29(22,39)12-42-18)23(36)21(35)19(13(16)2)27(30,5)6/h14,16-18,20-22,24,33-35,39-40H,8-12H2,1-7H3,(H,31,38)/t14-,16?,17-,18+,20+,21+,22-,24-,28+,29-,30+/m0/s1. The van der Waals surface area contributed by atoms with Gasteiger partial charge in [-0.25, -0.2) is 9.59 Å². The molecule has 0 aromatic carbocycles. The third kappa shape index (κ3) is 5.03. The van der Waals surface area contributed by atoms with Crippen molar-refractivity contribution in [1.82, 2.24) is 5.32 Å². The van der Waals surface area contributed by atoms with E-state index in [-0.39, 0.29) is 30.8 Å². The summed E-state index contributed by atoms with van der Waals surface area (Å²) >= 11 is 0. The molecule has 0 aromatic rings. The fourth-order valence-electron chi connectivity index (χ4n) is 7.71. The molecule has 11 atom stereocenters. The van der Waals surface area contributed by atoms with E-state index in [9.17, 15) is 44.7 Å². The number of amides is 1. The summed E-state index contributed by atoms with van der Waals surface area (Å²) < 4.78 is 21.8. The van der Waals surface area contributed by atoms with Crippen LogP contribution in [-0.2, 0) is 33.3 Å². The lowest BCUT2D eigenvalue weighted by Crippen LogP contribution is -2.81. The Morgan fingerprint density at radius 3 is 2.32 bits per heavy atom. The van der Waals surface area contributed by atoms with Crippen molar-refractivity contribution in [3.8, 4) is 0 Å². The summed E-state index contributed by atoms with van der Waals surface area (Å²) in [5.41, 5.74) is -7.22. The zero-order chi connectivity index (χ0) is 33.2. The fourth-order valence-corrected chi connectivity index (χ4v) is 7.71. The Morgan fingerprint density at radius 1 is 1.14 bits per heavy atom. The predicted octanol–water partition coefficient (Wildman–Crippen LogP) is -0.346. The number of aliphatic hydroxyl groups excluding tert-OH is 3. The van der Waals surface area contributed by atoms with Crippen molar-refractivity contribution in [3.63, 3.8) is 0 Å². The third-order valence-corrected chi connectivity index (χ3v) is 10.4. The van der Waals surface area contributed by atoms with Crippen LogP contribution in [0.1, 0.15) is 67.7 Å². The maximum absolute atomic E-state index is 14.2. The number of rotatable bonds is 7. The molecule has 3 fully saturated rings. The normalized spacial score (nSPS) is 40.6. The van der Waals surface area contributed by atoms with Gasteiger partial charge in [-0.2, -0.15) is 0 Å². The molecule has 248 valence electrons. The number of fused-ring (bicyclic) bond motifs is 5. The van der Waals surface area contributed by atoms with E-state index < -0.39 is 101 Å². The van der Waals surface area contributed by atoms with Crippen LogP contribution in [-0.4, -0.2) is 116 Å². The molecule has 3 aliphatic carbocycles. The first-order valence-electron chi connectivity index (χ1n) is 15.0. The molecule has 1 aliphatic heterocycles. The Hall–Kier alpha value is -2.62. The molecule has 44 heavy (non-hydrogen) atoms.